The SMILES string of the molecule is Fc1ccc(N(I)I)cc1. The molecule has 10 heavy (non-hydrogen) atoms. The first kappa shape index (κ1) is 8.51. The second-order valence-corrected chi connectivity index (χ2v) is 5.49. The maximum Gasteiger partial charge on any atom is 0.123 e. The fraction of sp³-hybridized carbons (Fsp3) is 0. The van der Waals surface area contributed by atoms with Crippen LogP contribution >= 0.6 is 45.7 Å². The highest BCUT2D eigenvalue weighted by atomic mass is 127. The number of hydrogen-bond donors (Lipinski definition) is 0. The minimum absolute atomic E-state index is 0.196. The lowest BCUT2D eigenvalue weighted by Crippen LogP contribution is -1.88. The van der Waals surface area contributed by atoms with Crippen molar-refractivity contribution in [2.45, 2.75) is 0 Å². The van der Waals surface area contributed by atoms with Gasteiger partial charge in [-0.3, -0.25) is 1.33 Å². The van der Waals surface area contributed by atoms with E-state index in [-0.39, 0.29) is 5.82 Å². The molecular weight excluding hydrogens is 359 g/mol. The van der Waals surface area contributed by atoms with Crippen molar-refractivity contribution in [1.82, 2.24) is 0 Å². The van der Waals surface area contributed by atoms with Gasteiger partial charge in [-0.25, -0.2) is 4.39 Å². The molecule has 0 N–H and O–H groups in total. The van der Waals surface area contributed by atoms with Gasteiger partial charge in [-0.15, -0.1) is 0 Å². The van der Waals surface area contributed by atoms with Gasteiger partial charge in [-0.05, 0) is 24.3 Å². The Kier molecular flexibility index (Phi) is 3.15. The average molecular weight is 363 g/mol. The van der Waals surface area contributed by atoms with Crippen LogP contribution in [0.2, 0.25) is 0 Å². The highest BCUT2D eigenvalue weighted by Gasteiger charge is 1.95. The largest absolute Gasteiger partial charge is 0.255 e. The maximum absolute atomic E-state index is 12.3. The summed E-state index contributed by atoms with van der Waals surface area (Å²) in [6.45, 7) is 0. The van der Waals surface area contributed by atoms with E-state index in [1.807, 2.05) is 1.33 Å². The molecule has 0 heterocycles. The number of nitrogens with zero attached hydrogens (tertiary/aromatic N) is 1. The van der Waals surface area contributed by atoms with Crippen molar-refractivity contribution < 1.29 is 4.39 Å². The Balaban J connectivity index is 2.89. The third kappa shape index (κ3) is 2.22. The Morgan fingerprint density at radius 2 is 1.60 bits per heavy atom. The van der Waals surface area contributed by atoms with Gasteiger partial charge in [-0.1, -0.05) is 0 Å². The molecule has 0 saturated carbocycles. The average Bonchev–Trinajstić information content (AvgIpc) is 1.88. The molecule has 0 spiro atoms. The van der Waals surface area contributed by atoms with Crippen LogP contribution in [0.3, 0.4) is 0 Å². The Bertz CT molecular complexity index is 209. The lowest BCUT2D eigenvalue weighted by molar-refractivity contribution is 0.628. The number of rotatable bonds is 1. The molecule has 0 radical (unpaired) electrons. The minimum atomic E-state index is -0.196. The van der Waals surface area contributed by atoms with E-state index in [1.54, 1.807) is 12.1 Å². The lowest BCUT2D eigenvalue weighted by atomic mass is 10.3. The maximum atomic E-state index is 12.3. The predicted octanol–water partition coefficient (Wildman–Crippen LogP) is 3.33. The second kappa shape index (κ2) is 3.70. The minimum Gasteiger partial charge on any atom is -0.255 e. The molecule has 1 nitrogen and oxygen atoms in total. The molecule has 1 rings (SSSR count). The topological polar surface area (TPSA) is 3.24 Å². The number of halogens is 3. The summed E-state index contributed by atoms with van der Waals surface area (Å²) in [7, 11) is 0. The van der Waals surface area contributed by atoms with Crippen LogP contribution in [0.4, 0.5) is 10.1 Å². The van der Waals surface area contributed by atoms with Gasteiger partial charge in [0.2, 0.25) is 0 Å². The molecule has 0 unspecified atom stereocenters. The Morgan fingerprint density at radius 1 is 1.10 bits per heavy atom. The van der Waals surface area contributed by atoms with E-state index in [2.05, 4.69) is 45.7 Å². The van der Waals surface area contributed by atoms with E-state index in [9.17, 15) is 4.39 Å². The van der Waals surface area contributed by atoms with Crippen molar-refractivity contribution in [3.05, 3.63) is 30.1 Å². The third-order valence-corrected chi connectivity index (χ3v) is 2.14. The van der Waals surface area contributed by atoms with Crippen LogP contribution < -0.4 is 1.33 Å². The van der Waals surface area contributed by atoms with Gasteiger partial charge in [0.05, 0.1) is 51.4 Å². The van der Waals surface area contributed by atoms with Crippen LogP contribution in [0.5, 0.6) is 0 Å². The predicted molar refractivity (Wildman–Crippen MR) is 56.9 cm³/mol. The summed E-state index contributed by atoms with van der Waals surface area (Å²) < 4.78 is 14.2. The molecule has 0 aliphatic rings. The molecular formula is C6H4FI2N. The third-order valence-electron chi connectivity index (χ3n) is 1.02. The van der Waals surface area contributed by atoms with Crippen LogP contribution in [-0.4, -0.2) is 0 Å². The van der Waals surface area contributed by atoms with E-state index in [1.165, 1.54) is 12.1 Å². The summed E-state index contributed by atoms with van der Waals surface area (Å²) in [5, 5.41) is 0. The number of anilines is 1. The molecule has 4 heteroatoms. The van der Waals surface area contributed by atoms with Crippen molar-refractivity contribution >= 4 is 51.4 Å². The van der Waals surface area contributed by atoms with Crippen molar-refractivity contribution in [3.63, 3.8) is 0 Å². The Hall–Kier alpha value is 0.410. The molecule has 0 fully saturated rings. The Morgan fingerprint density at radius 3 is 2.00 bits per heavy atom. The lowest BCUT2D eigenvalue weighted by Gasteiger charge is -2.04. The fourth-order valence-corrected chi connectivity index (χ4v) is 1.20. The monoisotopic (exact) mass is 363 g/mol. The Labute approximate surface area is 86.6 Å². The second-order valence-electron chi connectivity index (χ2n) is 1.71. The normalized spacial score (nSPS) is 9.50. The first-order valence-corrected chi connectivity index (χ1v) is 4.50. The molecule has 0 aliphatic heterocycles. The summed E-state index contributed by atoms with van der Waals surface area (Å²) in [6.07, 6.45) is 0. The number of benzene rings is 1. The molecule has 54 valence electrons. The van der Waals surface area contributed by atoms with E-state index in [0.29, 0.717) is 0 Å². The van der Waals surface area contributed by atoms with Gasteiger partial charge < -0.3 is 0 Å². The van der Waals surface area contributed by atoms with Gasteiger partial charge in [-0.2, -0.15) is 0 Å². The quantitative estimate of drug-likeness (QED) is 0.547. The van der Waals surface area contributed by atoms with Crippen LogP contribution in [0.25, 0.3) is 0 Å². The van der Waals surface area contributed by atoms with Gasteiger partial charge in [0.15, 0.2) is 0 Å². The molecule has 0 atom stereocenters. The van der Waals surface area contributed by atoms with Crippen molar-refractivity contribution in [1.29, 1.82) is 0 Å². The van der Waals surface area contributed by atoms with Crippen LogP contribution in [0.1, 0.15) is 0 Å². The molecule has 0 aliphatic carbocycles. The van der Waals surface area contributed by atoms with E-state index in [4.69, 9.17) is 0 Å². The van der Waals surface area contributed by atoms with Gasteiger partial charge in [0.25, 0.3) is 0 Å². The summed E-state index contributed by atoms with van der Waals surface area (Å²) in [6, 6.07) is 6.35. The molecule has 0 saturated heterocycles. The molecule has 0 aromatic heterocycles. The van der Waals surface area contributed by atoms with Crippen LogP contribution in [0.15, 0.2) is 24.3 Å². The van der Waals surface area contributed by atoms with Gasteiger partial charge in [0, 0.05) is 0 Å². The fourth-order valence-electron chi connectivity index (χ4n) is 0.554. The molecule has 1 aromatic rings. The summed E-state index contributed by atoms with van der Waals surface area (Å²) in [4.78, 5) is 0. The molecule has 0 bridgehead atoms. The summed E-state index contributed by atoms with van der Waals surface area (Å²) >= 11 is 4.24. The van der Waals surface area contributed by atoms with Crippen molar-refractivity contribution in [3.8, 4) is 0 Å². The van der Waals surface area contributed by atoms with Crippen LogP contribution in [-0.2, 0) is 0 Å². The zero-order valence-corrected chi connectivity index (χ0v) is 9.21. The van der Waals surface area contributed by atoms with Gasteiger partial charge in [0.1, 0.15) is 5.82 Å². The molecule has 0 amide bonds. The van der Waals surface area contributed by atoms with Gasteiger partial charge >= 0.3 is 0 Å². The summed E-state index contributed by atoms with van der Waals surface area (Å²) in [5.74, 6) is -0.196. The molecule has 1 aromatic carbocycles. The number of hydrogen-bond acceptors (Lipinski definition) is 1. The zero-order chi connectivity index (χ0) is 7.56. The zero-order valence-electron chi connectivity index (χ0n) is 4.89. The summed E-state index contributed by atoms with van der Waals surface area (Å²) in [5.41, 5.74) is 0.989. The first-order chi connectivity index (χ1) is 4.70. The highest BCUT2D eigenvalue weighted by molar-refractivity contribution is 14.2. The first-order valence-electron chi connectivity index (χ1n) is 2.57. The van der Waals surface area contributed by atoms with Crippen molar-refractivity contribution in [2.75, 3.05) is 1.33 Å². The van der Waals surface area contributed by atoms with E-state index >= 15 is 0 Å². The van der Waals surface area contributed by atoms with Crippen LogP contribution in [0, 0.1) is 5.82 Å². The smallest absolute Gasteiger partial charge is 0.123 e. The van der Waals surface area contributed by atoms with E-state index in [0.717, 1.165) is 5.69 Å². The van der Waals surface area contributed by atoms with E-state index < -0.39 is 0 Å². The standard InChI is InChI=1S/C6H4FI2N/c7-5-1-3-6(4-2-5)10(8)9/h1-4H. The highest BCUT2D eigenvalue weighted by Crippen LogP contribution is 2.22. The van der Waals surface area contributed by atoms with Crippen molar-refractivity contribution in [2.24, 2.45) is 0 Å².